The van der Waals surface area contributed by atoms with Gasteiger partial charge in [0.25, 0.3) is 0 Å². The monoisotopic (exact) mass is 360 g/mol. The molecule has 5 nitrogen and oxygen atoms in total. The first kappa shape index (κ1) is 18.9. The maximum Gasteiger partial charge on any atom is 0.410 e. The van der Waals surface area contributed by atoms with E-state index in [-0.39, 0.29) is 12.2 Å². The molecule has 1 aromatic rings. The molecule has 1 saturated heterocycles. The topological polar surface area (TPSA) is 50.8 Å². The number of benzene rings is 1. The van der Waals surface area contributed by atoms with Crippen LogP contribution in [0.3, 0.4) is 0 Å². The van der Waals surface area contributed by atoms with Gasteiger partial charge in [-0.15, -0.1) is 0 Å². The second-order valence-electron chi connectivity index (χ2n) is 8.59. The number of hydrogen-bond donors (Lipinski definition) is 1. The maximum absolute atomic E-state index is 12.3. The van der Waals surface area contributed by atoms with Crippen LogP contribution in [-0.2, 0) is 11.2 Å². The number of anilines is 1. The smallest absolute Gasteiger partial charge is 0.410 e. The summed E-state index contributed by atoms with van der Waals surface area (Å²) in [5, 5.41) is 3.27. The van der Waals surface area contributed by atoms with Crippen LogP contribution in [0.15, 0.2) is 6.07 Å². The van der Waals surface area contributed by atoms with Crippen molar-refractivity contribution < 1.29 is 14.3 Å². The van der Waals surface area contributed by atoms with Crippen molar-refractivity contribution in [2.24, 2.45) is 0 Å². The van der Waals surface area contributed by atoms with Crippen molar-refractivity contribution in [3.63, 3.8) is 0 Å². The number of nitrogens with one attached hydrogen (secondary N) is 1. The molecule has 5 heteroatoms. The molecule has 2 aliphatic heterocycles. The fourth-order valence-electron chi connectivity index (χ4n) is 4.18. The Bertz CT molecular complexity index is 685. The average Bonchev–Trinajstić information content (AvgIpc) is 2.94. The van der Waals surface area contributed by atoms with Crippen LogP contribution in [0.2, 0.25) is 0 Å². The number of fused-ring (bicyclic) bond motifs is 1. The van der Waals surface area contributed by atoms with Gasteiger partial charge in [0.2, 0.25) is 0 Å². The summed E-state index contributed by atoms with van der Waals surface area (Å²) in [6.07, 6.45) is 2.94. The van der Waals surface area contributed by atoms with Crippen molar-refractivity contribution in [2.45, 2.75) is 71.5 Å². The lowest BCUT2D eigenvalue weighted by atomic mass is 9.82. The van der Waals surface area contributed by atoms with E-state index in [2.05, 4.69) is 25.2 Å². The van der Waals surface area contributed by atoms with Gasteiger partial charge in [0.1, 0.15) is 17.5 Å². The quantitative estimate of drug-likeness (QED) is 0.845. The van der Waals surface area contributed by atoms with E-state index in [1.54, 1.807) is 0 Å². The van der Waals surface area contributed by atoms with Crippen LogP contribution in [0, 0.1) is 6.92 Å². The molecule has 1 fully saturated rings. The van der Waals surface area contributed by atoms with Gasteiger partial charge in [-0.1, -0.05) is 0 Å². The van der Waals surface area contributed by atoms with Crippen LogP contribution < -0.4 is 10.1 Å². The SMILES string of the molecule is CNc1cc(C)c(C2CCN(C(=O)OC(C)(C)C)CC2)c2c1O[C@H](C)C2. The summed E-state index contributed by atoms with van der Waals surface area (Å²) in [6, 6.07) is 2.20. The van der Waals surface area contributed by atoms with E-state index >= 15 is 0 Å². The lowest BCUT2D eigenvalue weighted by Gasteiger charge is -2.34. The predicted molar refractivity (Wildman–Crippen MR) is 104 cm³/mol. The van der Waals surface area contributed by atoms with Crippen molar-refractivity contribution in [3.05, 3.63) is 22.8 Å². The third kappa shape index (κ3) is 3.76. The van der Waals surface area contributed by atoms with Gasteiger partial charge in [0, 0.05) is 32.1 Å². The minimum atomic E-state index is -0.443. The zero-order chi connectivity index (χ0) is 19.1. The van der Waals surface area contributed by atoms with E-state index in [1.165, 1.54) is 16.7 Å². The highest BCUT2D eigenvalue weighted by Crippen LogP contribution is 2.45. The zero-order valence-corrected chi connectivity index (χ0v) is 16.9. The summed E-state index contributed by atoms with van der Waals surface area (Å²) in [5.41, 5.74) is 4.75. The van der Waals surface area contributed by atoms with E-state index in [1.807, 2.05) is 32.7 Å². The Morgan fingerprint density at radius 2 is 1.96 bits per heavy atom. The summed E-state index contributed by atoms with van der Waals surface area (Å²) in [5.74, 6) is 1.50. The Kier molecular flexibility index (Phi) is 5.09. The molecule has 1 aromatic carbocycles. The Balaban J connectivity index is 1.77. The van der Waals surface area contributed by atoms with E-state index in [0.717, 1.165) is 43.8 Å². The Labute approximate surface area is 157 Å². The molecule has 3 rings (SSSR count). The van der Waals surface area contributed by atoms with Gasteiger partial charge in [0.15, 0.2) is 0 Å². The first-order valence-electron chi connectivity index (χ1n) is 9.68. The molecular formula is C21H32N2O3. The number of hydrogen-bond acceptors (Lipinski definition) is 4. The second kappa shape index (κ2) is 7.01. The lowest BCUT2D eigenvalue weighted by molar-refractivity contribution is 0.0204. The third-order valence-corrected chi connectivity index (χ3v) is 5.26. The van der Waals surface area contributed by atoms with Crippen LogP contribution >= 0.6 is 0 Å². The molecule has 0 saturated carbocycles. The van der Waals surface area contributed by atoms with E-state index < -0.39 is 5.60 Å². The van der Waals surface area contributed by atoms with Gasteiger partial charge in [-0.3, -0.25) is 0 Å². The molecular weight excluding hydrogens is 328 g/mol. The fourth-order valence-corrected chi connectivity index (χ4v) is 4.18. The van der Waals surface area contributed by atoms with E-state index in [0.29, 0.717) is 5.92 Å². The number of ether oxygens (including phenoxy) is 2. The zero-order valence-electron chi connectivity index (χ0n) is 16.9. The highest BCUT2D eigenvalue weighted by atomic mass is 16.6. The highest BCUT2D eigenvalue weighted by molar-refractivity contribution is 5.69. The Hall–Kier alpha value is -1.91. The van der Waals surface area contributed by atoms with E-state index in [9.17, 15) is 4.79 Å². The van der Waals surface area contributed by atoms with Crippen molar-refractivity contribution in [2.75, 3.05) is 25.5 Å². The standard InChI is InChI=1S/C21H32N2O3/c1-13-11-17(22-6)19-16(12-14(2)25-19)18(13)15-7-9-23(10-8-15)20(24)26-21(3,4)5/h11,14-15,22H,7-10,12H2,1-6H3/t14-/m1/s1. The first-order chi connectivity index (χ1) is 12.2. The van der Waals surface area contributed by atoms with Crippen molar-refractivity contribution >= 4 is 11.8 Å². The number of nitrogens with zero attached hydrogens (tertiary/aromatic N) is 1. The molecule has 0 bridgehead atoms. The van der Waals surface area contributed by atoms with Crippen LogP contribution in [0.4, 0.5) is 10.5 Å². The average molecular weight is 360 g/mol. The summed E-state index contributed by atoms with van der Waals surface area (Å²) in [7, 11) is 1.94. The number of aryl methyl sites for hydroxylation is 1. The van der Waals surface area contributed by atoms with Crippen LogP contribution in [0.25, 0.3) is 0 Å². The normalized spacial score (nSPS) is 20.5. The lowest BCUT2D eigenvalue weighted by Crippen LogP contribution is -2.41. The summed E-state index contributed by atoms with van der Waals surface area (Å²) in [4.78, 5) is 14.2. The minimum Gasteiger partial charge on any atom is -0.488 e. The number of carbonyl (C=O) groups is 1. The van der Waals surface area contributed by atoms with E-state index in [4.69, 9.17) is 9.47 Å². The molecule has 0 unspecified atom stereocenters. The number of rotatable bonds is 2. The molecule has 2 aliphatic rings. The molecule has 0 spiro atoms. The maximum atomic E-state index is 12.3. The van der Waals surface area contributed by atoms with Crippen LogP contribution in [-0.4, -0.2) is 42.8 Å². The number of likely N-dealkylation sites (tertiary alicyclic amines) is 1. The van der Waals surface area contributed by atoms with Crippen molar-refractivity contribution in [3.8, 4) is 5.75 Å². The highest BCUT2D eigenvalue weighted by Gasteiger charge is 2.33. The predicted octanol–water partition coefficient (Wildman–Crippen LogP) is 4.47. The van der Waals surface area contributed by atoms with Gasteiger partial charge < -0.3 is 19.7 Å². The third-order valence-electron chi connectivity index (χ3n) is 5.26. The molecule has 144 valence electrons. The molecule has 1 N–H and O–H groups in total. The molecule has 2 heterocycles. The van der Waals surface area contributed by atoms with Crippen LogP contribution in [0.1, 0.15) is 63.1 Å². The summed E-state index contributed by atoms with van der Waals surface area (Å²) < 4.78 is 11.6. The van der Waals surface area contributed by atoms with Gasteiger partial charge >= 0.3 is 6.09 Å². The van der Waals surface area contributed by atoms with Gasteiger partial charge in [0.05, 0.1) is 5.69 Å². The van der Waals surface area contributed by atoms with Gasteiger partial charge in [-0.2, -0.15) is 0 Å². The molecule has 1 amide bonds. The van der Waals surface area contributed by atoms with Gasteiger partial charge in [-0.05, 0) is 70.6 Å². The minimum absolute atomic E-state index is 0.194. The number of carbonyl (C=O) groups excluding carboxylic acids is 1. The molecule has 0 aromatic heterocycles. The Morgan fingerprint density at radius 3 is 2.54 bits per heavy atom. The molecule has 26 heavy (non-hydrogen) atoms. The molecule has 0 radical (unpaired) electrons. The van der Waals surface area contributed by atoms with Crippen molar-refractivity contribution in [1.29, 1.82) is 0 Å². The number of piperidine rings is 1. The van der Waals surface area contributed by atoms with Crippen molar-refractivity contribution in [1.82, 2.24) is 4.90 Å². The van der Waals surface area contributed by atoms with Crippen LogP contribution in [0.5, 0.6) is 5.75 Å². The summed E-state index contributed by atoms with van der Waals surface area (Å²) >= 11 is 0. The fraction of sp³-hybridized carbons (Fsp3) is 0.667. The molecule has 0 aliphatic carbocycles. The Morgan fingerprint density at radius 1 is 1.31 bits per heavy atom. The largest absolute Gasteiger partial charge is 0.488 e. The van der Waals surface area contributed by atoms with Gasteiger partial charge in [-0.25, -0.2) is 4.79 Å². The first-order valence-corrected chi connectivity index (χ1v) is 9.68. The number of amides is 1. The molecule has 1 atom stereocenters. The summed E-state index contributed by atoms with van der Waals surface area (Å²) in [6.45, 7) is 11.6. The second-order valence-corrected chi connectivity index (χ2v) is 8.59.